The van der Waals surface area contributed by atoms with Gasteiger partial charge < -0.3 is 10.1 Å². The molecule has 1 fully saturated rings. The number of hydrogen-bond donors (Lipinski definition) is 1. The number of carbonyl (C=O) groups excluding carboxylic acids is 3. The molecule has 0 saturated carbocycles. The summed E-state index contributed by atoms with van der Waals surface area (Å²) < 4.78 is 19.8. The van der Waals surface area contributed by atoms with Gasteiger partial charge in [-0.25, -0.2) is 4.39 Å². The van der Waals surface area contributed by atoms with Crippen LogP contribution in [0.1, 0.15) is 22.3 Å². The van der Waals surface area contributed by atoms with Crippen LogP contribution in [0, 0.1) is 19.7 Å². The van der Waals surface area contributed by atoms with Crippen LogP contribution in [0.15, 0.2) is 70.0 Å². The first kappa shape index (κ1) is 25.7. The summed E-state index contributed by atoms with van der Waals surface area (Å²) in [7, 11) is 0. The highest BCUT2D eigenvalue weighted by Gasteiger charge is 2.36. The molecule has 9 heteroatoms. The van der Waals surface area contributed by atoms with E-state index in [0.29, 0.717) is 17.0 Å². The maximum atomic E-state index is 13.2. The molecule has 1 N–H and O–H groups in total. The number of hydrogen-bond acceptors (Lipinski definition) is 5. The van der Waals surface area contributed by atoms with Crippen LogP contribution in [0.4, 0.5) is 14.9 Å². The molecule has 0 unspecified atom stereocenters. The largest absolute Gasteiger partial charge is 0.488 e. The van der Waals surface area contributed by atoms with E-state index in [9.17, 15) is 18.8 Å². The maximum Gasteiger partial charge on any atom is 0.294 e. The van der Waals surface area contributed by atoms with Crippen molar-refractivity contribution in [3.05, 3.63) is 98.1 Å². The third kappa shape index (κ3) is 6.22. The van der Waals surface area contributed by atoms with Crippen molar-refractivity contribution in [2.24, 2.45) is 0 Å². The molecular weight excluding hydrogens is 547 g/mol. The lowest BCUT2D eigenvalue weighted by atomic mass is 10.1. The summed E-state index contributed by atoms with van der Waals surface area (Å²) in [5.74, 6) is -0.857. The summed E-state index contributed by atoms with van der Waals surface area (Å²) >= 11 is 4.18. The molecule has 0 bridgehead atoms. The molecule has 3 aromatic carbocycles. The van der Waals surface area contributed by atoms with Crippen LogP contribution in [0.3, 0.4) is 0 Å². The monoisotopic (exact) mass is 568 g/mol. The molecule has 0 spiro atoms. The van der Waals surface area contributed by atoms with Crippen LogP contribution >= 0.6 is 27.7 Å². The van der Waals surface area contributed by atoms with Crippen LogP contribution in [0.5, 0.6) is 5.75 Å². The fourth-order valence-corrected chi connectivity index (χ4v) is 4.78. The van der Waals surface area contributed by atoms with Gasteiger partial charge in [0.15, 0.2) is 0 Å². The summed E-state index contributed by atoms with van der Waals surface area (Å²) in [5.41, 5.74) is 3.94. The van der Waals surface area contributed by atoms with Crippen LogP contribution in [-0.2, 0) is 16.2 Å². The fraction of sp³-hybridized carbons (Fsp3) is 0.148. The van der Waals surface area contributed by atoms with Crippen LogP contribution in [0.25, 0.3) is 6.08 Å². The van der Waals surface area contributed by atoms with Gasteiger partial charge in [-0.2, -0.15) is 0 Å². The van der Waals surface area contributed by atoms with Gasteiger partial charge in [0.05, 0.1) is 4.91 Å². The zero-order valence-electron chi connectivity index (χ0n) is 19.5. The van der Waals surface area contributed by atoms with E-state index >= 15 is 0 Å². The topological polar surface area (TPSA) is 75.7 Å². The lowest BCUT2D eigenvalue weighted by Crippen LogP contribution is -2.36. The lowest BCUT2D eigenvalue weighted by molar-refractivity contribution is -0.127. The molecule has 1 aliphatic heterocycles. The van der Waals surface area contributed by atoms with Crippen molar-refractivity contribution in [2.45, 2.75) is 20.5 Å². The number of ether oxygens (including phenoxy) is 1. The normalized spacial score (nSPS) is 14.4. The summed E-state index contributed by atoms with van der Waals surface area (Å²) in [6.07, 6.45) is 1.57. The standard InChI is InChI=1S/C27H22BrFN2O4S/c1-16-3-9-22(17(2)11-16)30-25(32)14-31-26(33)24(36-27(31)34)13-19-12-20(28)6-10-23(19)35-15-18-4-7-21(29)8-5-18/h3-13H,14-15H2,1-2H3,(H,30,32)/b24-13-. The molecule has 0 radical (unpaired) electrons. The van der Waals surface area contributed by atoms with E-state index in [2.05, 4.69) is 21.2 Å². The molecule has 3 amide bonds. The van der Waals surface area contributed by atoms with Crippen LogP contribution in [-0.4, -0.2) is 28.5 Å². The van der Waals surface area contributed by atoms with Crippen molar-refractivity contribution in [1.82, 2.24) is 4.90 Å². The molecule has 36 heavy (non-hydrogen) atoms. The highest BCUT2D eigenvalue weighted by molar-refractivity contribution is 9.10. The summed E-state index contributed by atoms with van der Waals surface area (Å²) in [6, 6.07) is 16.9. The minimum Gasteiger partial charge on any atom is -0.488 e. The smallest absolute Gasteiger partial charge is 0.294 e. The molecule has 4 rings (SSSR count). The highest BCUT2D eigenvalue weighted by Crippen LogP contribution is 2.35. The quantitative estimate of drug-likeness (QED) is 0.331. The SMILES string of the molecule is Cc1ccc(NC(=O)CN2C(=O)S/C(=C\c3cc(Br)ccc3OCc3ccc(F)cc3)C2=O)c(C)c1. The van der Waals surface area contributed by atoms with Gasteiger partial charge in [0.25, 0.3) is 11.1 Å². The predicted octanol–water partition coefficient (Wildman–Crippen LogP) is 6.46. The van der Waals surface area contributed by atoms with Crippen molar-refractivity contribution in [3.63, 3.8) is 0 Å². The Morgan fingerprint density at radius 3 is 2.56 bits per heavy atom. The average Bonchev–Trinajstić information content (AvgIpc) is 3.09. The van der Waals surface area contributed by atoms with Gasteiger partial charge in [0.2, 0.25) is 5.91 Å². The summed E-state index contributed by atoms with van der Waals surface area (Å²) in [5, 5.41) is 2.24. The number of thioether (sulfide) groups is 1. The number of nitrogens with one attached hydrogen (secondary N) is 1. The molecular formula is C27H22BrFN2O4S. The van der Waals surface area contributed by atoms with Gasteiger partial charge in [-0.05, 0) is 79.2 Å². The Morgan fingerprint density at radius 2 is 1.83 bits per heavy atom. The molecule has 1 heterocycles. The zero-order chi connectivity index (χ0) is 25.8. The van der Waals surface area contributed by atoms with E-state index in [1.807, 2.05) is 26.0 Å². The third-order valence-electron chi connectivity index (χ3n) is 5.40. The molecule has 0 aliphatic carbocycles. The maximum absolute atomic E-state index is 13.2. The van der Waals surface area contributed by atoms with E-state index < -0.39 is 17.1 Å². The first-order chi connectivity index (χ1) is 17.2. The van der Waals surface area contributed by atoms with E-state index in [-0.39, 0.29) is 23.9 Å². The number of benzene rings is 3. The van der Waals surface area contributed by atoms with E-state index in [1.54, 1.807) is 42.5 Å². The number of nitrogens with zero attached hydrogens (tertiary/aromatic N) is 1. The molecule has 6 nitrogen and oxygen atoms in total. The van der Waals surface area contributed by atoms with Crippen molar-refractivity contribution in [2.75, 3.05) is 11.9 Å². The van der Waals surface area contributed by atoms with Crippen molar-refractivity contribution < 1.29 is 23.5 Å². The Hall–Kier alpha value is -3.43. The van der Waals surface area contributed by atoms with Gasteiger partial charge in [0, 0.05) is 15.7 Å². The average molecular weight is 569 g/mol. The second-order valence-electron chi connectivity index (χ2n) is 8.23. The molecule has 1 aliphatic rings. The van der Waals surface area contributed by atoms with Gasteiger partial charge in [0.1, 0.15) is 24.7 Å². The molecule has 0 aromatic heterocycles. The highest BCUT2D eigenvalue weighted by atomic mass is 79.9. The van der Waals surface area contributed by atoms with Gasteiger partial charge >= 0.3 is 0 Å². The first-order valence-corrected chi connectivity index (χ1v) is 12.6. The van der Waals surface area contributed by atoms with Crippen molar-refractivity contribution in [3.8, 4) is 5.75 Å². The molecule has 1 saturated heterocycles. The molecule has 0 atom stereocenters. The number of anilines is 1. The van der Waals surface area contributed by atoms with Crippen molar-refractivity contribution >= 4 is 56.5 Å². The van der Waals surface area contributed by atoms with E-state index in [4.69, 9.17) is 4.74 Å². The Kier molecular flexibility index (Phi) is 7.91. The number of carbonyl (C=O) groups is 3. The Bertz CT molecular complexity index is 1370. The fourth-order valence-electron chi connectivity index (χ4n) is 3.57. The third-order valence-corrected chi connectivity index (χ3v) is 6.80. The molecule has 3 aromatic rings. The number of halogens is 2. The Balaban J connectivity index is 1.48. The minimum absolute atomic E-state index is 0.184. The number of imide groups is 1. The van der Waals surface area contributed by atoms with E-state index in [1.165, 1.54) is 12.1 Å². The van der Waals surface area contributed by atoms with Crippen molar-refractivity contribution in [1.29, 1.82) is 0 Å². The Labute approximate surface area is 220 Å². The van der Waals surface area contributed by atoms with Gasteiger partial charge in [-0.15, -0.1) is 0 Å². The second-order valence-corrected chi connectivity index (χ2v) is 10.1. The zero-order valence-corrected chi connectivity index (χ0v) is 21.9. The second kappa shape index (κ2) is 11.1. The predicted molar refractivity (Wildman–Crippen MR) is 142 cm³/mol. The van der Waals surface area contributed by atoms with E-state index in [0.717, 1.165) is 37.8 Å². The summed E-state index contributed by atoms with van der Waals surface area (Å²) in [4.78, 5) is 39.2. The number of aryl methyl sites for hydroxylation is 2. The lowest BCUT2D eigenvalue weighted by Gasteiger charge is -2.14. The van der Waals surface area contributed by atoms with Crippen LogP contribution < -0.4 is 10.1 Å². The number of rotatable bonds is 7. The minimum atomic E-state index is -0.551. The number of amides is 3. The molecule has 184 valence electrons. The van der Waals surface area contributed by atoms with Crippen LogP contribution in [0.2, 0.25) is 0 Å². The Morgan fingerprint density at radius 1 is 1.08 bits per heavy atom. The summed E-state index contributed by atoms with van der Waals surface area (Å²) in [6.45, 7) is 3.64. The van der Waals surface area contributed by atoms with Gasteiger partial charge in [-0.3, -0.25) is 19.3 Å². The van der Waals surface area contributed by atoms with Gasteiger partial charge in [-0.1, -0.05) is 45.8 Å². The first-order valence-electron chi connectivity index (χ1n) is 11.0.